The van der Waals surface area contributed by atoms with E-state index in [1.54, 1.807) is 36.4 Å². The molecule has 0 saturated carbocycles. The zero-order valence-electron chi connectivity index (χ0n) is 12.1. The highest BCUT2D eigenvalue weighted by Crippen LogP contribution is 2.37. The Hall–Kier alpha value is -2.31. The molecule has 4 nitrogen and oxygen atoms in total. The number of hydrogen-bond acceptors (Lipinski definition) is 6. The summed E-state index contributed by atoms with van der Waals surface area (Å²) >= 11 is 2.84. The molecule has 6 heteroatoms. The van der Waals surface area contributed by atoms with Crippen LogP contribution >= 0.6 is 23.1 Å². The third-order valence-corrected chi connectivity index (χ3v) is 5.57. The first kappa shape index (κ1) is 14.3. The van der Waals surface area contributed by atoms with E-state index in [0.717, 1.165) is 14.2 Å². The topological polar surface area (TPSA) is 59.9 Å². The van der Waals surface area contributed by atoms with Crippen molar-refractivity contribution in [3.63, 3.8) is 0 Å². The van der Waals surface area contributed by atoms with Crippen LogP contribution in [0.4, 0.5) is 0 Å². The van der Waals surface area contributed by atoms with Crippen LogP contribution in [0.3, 0.4) is 0 Å². The van der Waals surface area contributed by atoms with Gasteiger partial charge in [0.25, 0.3) is 0 Å². The summed E-state index contributed by atoms with van der Waals surface area (Å²) in [6.45, 7) is 1.88. The molecule has 1 heterocycles. The Morgan fingerprint density at radius 1 is 0.870 bits per heavy atom. The molecule has 0 amide bonds. The van der Waals surface area contributed by atoms with Crippen LogP contribution in [0.1, 0.15) is 36.9 Å². The predicted molar refractivity (Wildman–Crippen MR) is 88.5 cm³/mol. The minimum atomic E-state index is -0.112. The zero-order chi connectivity index (χ0) is 16.0. The van der Waals surface area contributed by atoms with E-state index in [-0.39, 0.29) is 11.6 Å². The second-order valence-electron chi connectivity index (χ2n) is 5.07. The monoisotopic (exact) mass is 338 g/mol. The lowest BCUT2D eigenvalue weighted by atomic mass is 9.84. The summed E-state index contributed by atoms with van der Waals surface area (Å²) in [5, 5.41) is 8.94. The number of benzene rings is 2. The molecule has 4 rings (SSSR count). The maximum Gasteiger partial charge on any atom is 0.195 e. The van der Waals surface area contributed by atoms with Gasteiger partial charge in [0.2, 0.25) is 0 Å². The Morgan fingerprint density at radius 2 is 1.57 bits per heavy atom. The quantitative estimate of drug-likeness (QED) is 0.557. The first-order valence-electron chi connectivity index (χ1n) is 6.94. The number of hydrogen-bond donors (Lipinski definition) is 0. The number of rotatable bonds is 2. The summed E-state index contributed by atoms with van der Waals surface area (Å²) < 4.78 is 0.759. The lowest BCUT2D eigenvalue weighted by Gasteiger charge is -2.19. The van der Waals surface area contributed by atoms with Gasteiger partial charge >= 0.3 is 0 Å². The molecule has 0 aliphatic heterocycles. The molecule has 0 N–H and O–H groups in total. The van der Waals surface area contributed by atoms with Crippen LogP contribution in [-0.4, -0.2) is 21.8 Å². The van der Waals surface area contributed by atoms with Crippen molar-refractivity contribution >= 4 is 34.7 Å². The maximum absolute atomic E-state index is 12.9. The van der Waals surface area contributed by atoms with Gasteiger partial charge < -0.3 is 0 Å². The van der Waals surface area contributed by atoms with E-state index in [2.05, 4.69) is 10.2 Å². The average molecular weight is 338 g/mol. The molecule has 0 saturated heterocycles. The number of aromatic nitrogens is 2. The minimum Gasteiger partial charge on any atom is -0.289 e. The van der Waals surface area contributed by atoms with E-state index in [1.807, 2.05) is 13.0 Å². The van der Waals surface area contributed by atoms with Crippen LogP contribution in [0.25, 0.3) is 0 Å². The highest BCUT2D eigenvalue weighted by molar-refractivity contribution is 8.01. The van der Waals surface area contributed by atoms with E-state index < -0.39 is 0 Å². The summed E-state index contributed by atoms with van der Waals surface area (Å²) in [4.78, 5) is 26.3. The molecule has 3 aromatic rings. The average Bonchev–Trinajstić information content (AvgIpc) is 2.97. The first-order valence-corrected chi connectivity index (χ1v) is 8.58. The van der Waals surface area contributed by atoms with Gasteiger partial charge in [-0.2, -0.15) is 0 Å². The lowest BCUT2D eigenvalue weighted by Crippen LogP contribution is -2.21. The molecular weight excluding hydrogens is 328 g/mol. The normalized spacial score (nSPS) is 12.9. The lowest BCUT2D eigenvalue weighted by molar-refractivity contribution is 0.0977. The molecule has 0 spiro atoms. The standard InChI is InChI=1S/C17H10N2O2S2/c1-9-18-19-17(22-9)23-13-8-4-7-12-14(13)16(21)11-6-3-2-5-10(11)15(12)20/h2-8H,1H3. The number of carbonyl (C=O) groups excluding carboxylic acids is 2. The van der Waals surface area contributed by atoms with E-state index in [4.69, 9.17) is 0 Å². The van der Waals surface area contributed by atoms with Crippen molar-refractivity contribution in [2.75, 3.05) is 0 Å². The van der Waals surface area contributed by atoms with Crippen LogP contribution in [0.5, 0.6) is 0 Å². The Labute approximate surface area is 140 Å². The third-order valence-electron chi connectivity index (χ3n) is 3.62. The van der Waals surface area contributed by atoms with Crippen molar-refractivity contribution in [2.45, 2.75) is 16.2 Å². The van der Waals surface area contributed by atoms with Gasteiger partial charge in [-0.15, -0.1) is 10.2 Å². The van der Waals surface area contributed by atoms with Crippen molar-refractivity contribution in [3.8, 4) is 0 Å². The van der Waals surface area contributed by atoms with Gasteiger partial charge in [-0.3, -0.25) is 9.59 Å². The maximum atomic E-state index is 12.9. The number of nitrogens with zero attached hydrogens (tertiary/aromatic N) is 2. The van der Waals surface area contributed by atoms with E-state index in [1.165, 1.54) is 23.1 Å². The van der Waals surface area contributed by atoms with Crippen LogP contribution in [0, 0.1) is 6.92 Å². The predicted octanol–water partition coefficient (Wildman–Crippen LogP) is 3.77. The highest BCUT2D eigenvalue weighted by atomic mass is 32.2. The molecule has 0 fully saturated rings. The zero-order valence-corrected chi connectivity index (χ0v) is 13.7. The van der Waals surface area contributed by atoms with Crippen molar-refractivity contribution in [1.82, 2.24) is 10.2 Å². The van der Waals surface area contributed by atoms with Crippen LogP contribution in [-0.2, 0) is 0 Å². The Morgan fingerprint density at radius 3 is 2.26 bits per heavy atom. The van der Waals surface area contributed by atoms with Crippen molar-refractivity contribution in [1.29, 1.82) is 0 Å². The Kier molecular flexibility index (Phi) is 3.36. The molecular formula is C17H10N2O2S2. The molecule has 1 aromatic heterocycles. The van der Waals surface area contributed by atoms with E-state index >= 15 is 0 Å². The second kappa shape index (κ2) is 5.40. The molecule has 1 aliphatic carbocycles. The summed E-state index contributed by atoms with van der Waals surface area (Å²) in [5.74, 6) is -0.217. The molecule has 2 aromatic carbocycles. The van der Waals surface area contributed by atoms with Crippen LogP contribution < -0.4 is 0 Å². The van der Waals surface area contributed by atoms with Gasteiger partial charge in [0, 0.05) is 27.1 Å². The van der Waals surface area contributed by atoms with Gasteiger partial charge in [-0.05, 0) is 13.0 Å². The fourth-order valence-corrected chi connectivity index (χ4v) is 4.55. The summed E-state index contributed by atoms with van der Waals surface area (Å²) in [5.41, 5.74) is 1.86. The number of aryl methyl sites for hydroxylation is 1. The first-order chi connectivity index (χ1) is 11.1. The molecule has 0 atom stereocenters. The van der Waals surface area contributed by atoms with E-state index in [0.29, 0.717) is 22.3 Å². The van der Waals surface area contributed by atoms with Crippen LogP contribution in [0.2, 0.25) is 0 Å². The van der Waals surface area contributed by atoms with Gasteiger partial charge in [0.05, 0.1) is 0 Å². The van der Waals surface area contributed by atoms with Gasteiger partial charge in [-0.1, -0.05) is 59.5 Å². The van der Waals surface area contributed by atoms with Crippen molar-refractivity contribution in [2.24, 2.45) is 0 Å². The molecule has 23 heavy (non-hydrogen) atoms. The Balaban J connectivity index is 1.86. The summed E-state index contributed by atoms with van der Waals surface area (Å²) in [6.07, 6.45) is 0. The third kappa shape index (κ3) is 2.31. The van der Waals surface area contributed by atoms with Gasteiger partial charge in [0.1, 0.15) is 5.01 Å². The number of fused-ring (bicyclic) bond motifs is 2. The SMILES string of the molecule is Cc1nnc(Sc2cccc3c2C(=O)c2ccccc2C3=O)s1. The fourth-order valence-electron chi connectivity index (χ4n) is 2.61. The van der Waals surface area contributed by atoms with Crippen molar-refractivity contribution in [3.05, 3.63) is 69.7 Å². The van der Waals surface area contributed by atoms with Crippen molar-refractivity contribution < 1.29 is 9.59 Å². The molecule has 0 radical (unpaired) electrons. The molecule has 0 unspecified atom stereocenters. The van der Waals surface area contributed by atoms with Gasteiger partial charge in [-0.25, -0.2) is 0 Å². The van der Waals surface area contributed by atoms with Gasteiger partial charge in [0.15, 0.2) is 15.9 Å². The molecule has 1 aliphatic rings. The summed E-state index contributed by atoms with van der Waals surface area (Å²) in [6, 6.07) is 12.3. The van der Waals surface area contributed by atoms with Crippen LogP contribution in [0.15, 0.2) is 51.7 Å². The summed E-state index contributed by atoms with van der Waals surface area (Å²) in [7, 11) is 0. The second-order valence-corrected chi connectivity index (χ2v) is 7.54. The molecule has 0 bridgehead atoms. The minimum absolute atomic E-state index is 0.105. The van der Waals surface area contributed by atoms with E-state index in [9.17, 15) is 9.59 Å². The number of ketones is 2. The Bertz CT molecular complexity index is 963. The largest absolute Gasteiger partial charge is 0.289 e. The molecule has 112 valence electrons. The highest BCUT2D eigenvalue weighted by Gasteiger charge is 2.31. The fraction of sp³-hybridized carbons (Fsp3) is 0.0588. The number of carbonyl (C=O) groups is 2. The smallest absolute Gasteiger partial charge is 0.195 e.